The maximum Gasteiger partial charge on any atom is 0.237 e. The monoisotopic (exact) mass is 342 g/mol. The molecule has 0 unspecified atom stereocenters. The van der Waals surface area contributed by atoms with E-state index in [4.69, 9.17) is 0 Å². The quantitative estimate of drug-likeness (QED) is 0.482. The molecule has 2 heterocycles. The average molecular weight is 342 g/mol. The third-order valence-electron chi connectivity index (χ3n) is 4.59. The third kappa shape index (κ3) is 2.29. The molecule has 0 atom stereocenters. The van der Waals surface area contributed by atoms with Crippen molar-refractivity contribution in [2.75, 3.05) is 0 Å². The summed E-state index contributed by atoms with van der Waals surface area (Å²) in [5.41, 5.74) is 4.15. The van der Waals surface area contributed by atoms with Crippen LogP contribution >= 0.6 is 0 Å². The normalized spacial score (nSPS) is 11.4. The summed E-state index contributed by atoms with van der Waals surface area (Å²) in [4.78, 5) is 0. The number of hydrogen-bond donors (Lipinski definition) is 0. The van der Waals surface area contributed by atoms with Crippen molar-refractivity contribution in [2.45, 2.75) is 6.54 Å². The van der Waals surface area contributed by atoms with Crippen LogP contribution in [0.15, 0.2) is 78.9 Å². The number of aromatic nitrogens is 4. The molecule has 5 heteroatoms. The Morgan fingerprint density at radius 1 is 0.731 bits per heavy atom. The summed E-state index contributed by atoms with van der Waals surface area (Å²) < 4.78 is 17.4. The smallest absolute Gasteiger partial charge is 0.237 e. The minimum atomic E-state index is -0.231. The lowest BCUT2D eigenvalue weighted by molar-refractivity contribution is 0.626. The molecule has 0 amide bonds. The highest BCUT2D eigenvalue weighted by Crippen LogP contribution is 2.26. The molecule has 0 spiro atoms. The molecule has 5 aromatic rings. The number of rotatable bonds is 3. The molecule has 0 bridgehead atoms. The largest absolute Gasteiger partial charge is 0.304 e. The van der Waals surface area contributed by atoms with Crippen LogP contribution in [0.2, 0.25) is 0 Å². The van der Waals surface area contributed by atoms with Crippen molar-refractivity contribution in [2.24, 2.45) is 0 Å². The molecule has 126 valence electrons. The zero-order valence-corrected chi connectivity index (χ0v) is 13.9. The van der Waals surface area contributed by atoms with Crippen molar-refractivity contribution in [1.29, 1.82) is 0 Å². The van der Waals surface area contributed by atoms with Gasteiger partial charge in [-0.1, -0.05) is 54.6 Å². The van der Waals surface area contributed by atoms with E-state index in [0.717, 1.165) is 33.8 Å². The summed E-state index contributed by atoms with van der Waals surface area (Å²) in [6.45, 7) is 0.601. The lowest BCUT2D eigenvalue weighted by Crippen LogP contribution is -2.00. The zero-order chi connectivity index (χ0) is 17.5. The first-order valence-electron chi connectivity index (χ1n) is 8.43. The Morgan fingerprint density at radius 2 is 1.42 bits per heavy atom. The number of fused-ring (bicyclic) bond motifs is 3. The van der Waals surface area contributed by atoms with Gasteiger partial charge in [-0.15, -0.1) is 10.2 Å². The molecule has 0 aliphatic carbocycles. The number of halogens is 1. The van der Waals surface area contributed by atoms with Crippen molar-refractivity contribution in [3.63, 3.8) is 0 Å². The first-order chi connectivity index (χ1) is 12.8. The number of imidazole rings is 1. The van der Waals surface area contributed by atoms with Gasteiger partial charge in [-0.25, -0.2) is 4.39 Å². The molecule has 0 saturated carbocycles. The van der Waals surface area contributed by atoms with Crippen molar-refractivity contribution < 1.29 is 4.39 Å². The highest BCUT2D eigenvalue weighted by Gasteiger charge is 2.17. The molecule has 0 aliphatic rings. The summed E-state index contributed by atoms with van der Waals surface area (Å²) in [5.74, 6) is 1.36. The number of para-hydroxylation sites is 2. The number of benzene rings is 3. The standard InChI is InChI=1S/C21H15FN4/c22-17-12-10-15(11-13-17)14-25-18-8-4-5-9-19(18)26-20(23-24-21(25)26)16-6-2-1-3-7-16/h1-13H,14H2. The van der Waals surface area contributed by atoms with E-state index in [1.54, 1.807) is 12.1 Å². The summed E-state index contributed by atoms with van der Waals surface area (Å²) in [5, 5.41) is 8.87. The van der Waals surface area contributed by atoms with Gasteiger partial charge in [-0.2, -0.15) is 0 Å². The van der Waals surface area contributed by atoms with Crippen LogP contribution < -0.4 is 0 Å². The fraction of sp³-hybridized carbons (Fsp3) is 0.0476. The van der Waals surface area contributed by atoms with Crippen molar-refractivity contribution in [3.8, 4) is 11.4 Å². The van der Waals surface area contributed by atoms with Crippen molar-refractivity contribution >= 4 is 16.8 Å². The zero-order valence-electron chi connectivity index (χ0n) is 13.9. The minimum absolute atomic E-state index is 0.231. The van der Waals surface area contributed by atoms with E-state index in [0.29, 0.717) is 6.54 Å². The Bertz CT molecular complexity index is 1200. The summed E-state index contributed by atoms with van der Waals surface area (Å²) in [6, 6.07) is 24.8. The van der Waals surface area contributed by atoms with E-state index in [2.05, 4.69) is 31.3 Å². The van der Waals surface area contributed by atoms with Gasteiger partial charge >= 0.3 is 0 Å². The molecular weight excluding hydrogens is 327 g/mol. The van der Waals surface area contributed by atoms with Gasteiger partial charge in [-0.3, -0.25) is 4.40 Å². The summed E-state index contributed by atoms with van der Waals surface area (Å²) in [7, 11) is 0. The Morgan fingerprint density at radius 3 is 2.19 bits per heavy atom. The van der Waals surface area contributed by atoms with Crippen LogP contribution in [0.3, 0.4) is 0 Å². The minimum Gasteiger partial charge on any atom is -0.304 e. The van der Waals surface area contributed by atoms with Gasteiger partial charge in [0.1, 0.15) is 5.82 Å². The molecule has 5 rings (SSSR count). The second-order valence-electron chi connectivity index (χ2n) is 6.23. The van der Waals surface area contributed by atoms with E-state index >= 15 is 0 Å². The topological polar surface area (TPSA) is 35.1 Å². The van der Waals surface area contributed by atoms with Crippen LogP contribution in [-0.2, 0) is 6.54 Å². The molecule has 0 aliphatic heterocycles. The fourth-order valence-electron chi connectivity index (χ4n) is 3.36. The average Bonchev–Trinajstić information content (AvgIpc) is 3.24. The Kier molecular flexibility index (Phi) is 3.31. The molecule has 0 fully saturated rings. The number of hydrogen-bond acceptors (Lipinski definition) is 2. The lowest BCUT2D eigenvalue weighted by Gasteiger charge is -2.05. The summed E-state index contributed by atoms with van der Waals surface area (Å²) >= 11 is 0. The van der Waals surface area contributed by atoms with Crippen molar-refractivity contribution in [1.82, 2.24) is 19.2 Å². The predicted molar refractivity (Wildman–Crippen MR) is 99.4 cm³/mol. The second-order valence-corrected chi connectivity index (χ2v) is 6.23. The SMILES string of the molecule is Fc1ccc(Cn2c3ccccc3n3c(-c4ccccc4)nnc23)cc1. The molecule has 4 nitrogen and oxygen atoms in total. The second kappa shape index (κ2) is 5.81. The lowest BCUT2D eigenvalue weighted by atomic mass is 10.2. The third-order valence-corrected chi connectivity index (χ3v) is 4.59. The Balaban J connectivity index is 1.75. The Labute approximate surface area is 149 Å². The highest BCUT2D eigenvalue weighted by atomic mass is 19.1. The molecular formula is C21H15FN4. The molecule has 2 aromatic heterocycles. The van der Waals surface area contributed by atoms with Gasteiger partial charge in [0.15, 0.2) is 5.82 Å². The maximum absolute atomic E-state index is 13.2. The first kappa shape index (κ1) is 14.8. The molecule has 26 heavy (non-hydrogen) atoms. The van der Waals surface area contributed by atoms with Crippen LogP contribution in [0.25, 0.3) is 28.2 Å². The van der Waals surface area contributed by atoms with Crippen LogP contribution in [0, 0.1) is 5.82 Å². The molecule has 0 radical (unpaired) electrons. The van der Waals surface area contributed by atoms with Gasteiger partial charge < -0.3 is 4.57 Å². The fourth-order valence-corrected chi connectivity index (χ4v) is 3.36. The van der Waals surface area contributed by atoms with Gasteiger partial charge in [0.05, 0.1) is 17.6 Å². The predicted octanol–water partition coefficient (Wildman–Crippen LogP) is 4.54. The van der Waals surface area contributed by atoms with Crippen LogP contribution in [-0.4, -0.2) is 19.2 Å². The van der Waals surface area contributed by atoms with E-state index in [9.17, 15) is 4.39 Å². The molecule has 3 aromatic carbocycles. The molecule has 0 saturated heterocycles. The maximum atomic E-state index is 13.2. The van der Waals surface area contributed by atoms with Gasteiger partial charge in [-0.05, 0) is 29.8 Å². The van der Waals surface area contributed by atoms with Gasteiger partial charge in [0.25, 0.3) is 0 Å². The van der Waals surface area contributed by atoms with Crippen molar-refractivity contribution in [3.05, 3.63) is 90.2 Å². The number of nitrogens with zero attached hydrogens (tertiary/aromatic N) is 4. The Hall–Kier alpha value is -3.47. The van der Waals surface area contributed by atoms with Crippen LogP contribution in [0.5, 0.6) is 0 Å². The van der Waals surface area contributed by atoms with Crippen LogP contribution in [0.1, 0.15) is 5.56 Å². The van der Waals surface area contributed by atoms with E-state index in [1.807, 2.05) is 42.5 Å². The van der Waals surface area contributed by atoms with E-state index in [1.165, 1.54) is 12.1 Å². The first-order valence-corrected chi connectivity index (χ1v) is 8.43. The van der Waals surface area contributed by atoms with Gasteiger partial charge in [0, 0.05) is 5.56 Å². The van der Waals surface area contributed by atoms with Gasteiger partial charge in [0.2, 0.25) is 5.78 Å². The van der Waals surface area contributed by atoms with Crippen LogP contribution in [0.4, 0.5) is 4.39 Å². The molecule has 0 N–H and O–H groups in total. The summed E-state index contributed by atoms with van der Waals surface area (Å²) in [6.07, 6.45) is 0. The van der Waals surface area contributed by atoms with E-state index < -0.39 is 0 Å². The highest BCUT2D eigenvalue weighted by molar-refractivity contribution is 5.83. The van der Waals surface area contributed by atoms with E-state index in [-0.39, 0.29) is 5.82 Å².